The summed E-state index contributed by atoms with van der Waals surface area (Å²) in [4.78, 5) is 68.6. The molecule has 0 bridgehead atoms. The molecule has 0 aliphatic carbocycles. The maximum Gasteiger partial charge on any atom is 0.270 e. The Balaban J connectivity index is -0.0000000570. The fourth-order valence-corrected chi connectivity index (χ4v) is 1.40. The zero-order valence-corrected chi connectivity index (χ0v) is 28.6. The molecule has 0 saturated carbocycles. The van der Waals surface area contributed by atoms with Crippen LogP contribution in [0.15, 0.2) is 25.0 Å². The third-order valence-corrected chi connectivity index (χ3v) is 3.79. The van der Waals surface area contributed by atoms with Gasteiger partial charge in [0.1, 0.15) is 0 Å². The second-order valence-corrected chi connectivity index (χ2v) is 7.21. The fourth-order valence-electron chi connectivity index (χ4n) is 1.40. The Morgan fingerprint density at radius 2 is 1.11 bits per heavy atom. The number of Topliss-reactive ketones (excluding diaryl/α,β-unsaturated/α-hetero) is 1. The van der Waals surface area contributed by atoms with Crippen LogP contribution in [0.4, 0.5) is 0 Å². The van der Waals surface area contributed by atoms with E-state index in [9.17, 15) is 14.4 Å². The van der Waals surface area contributed by atoms with E-state index >= 15 is 0 Å². The maximum absolute atomic E-state index is 10.6. The van der Waals surface area contributed by atoms with Crippen LogP contribution < -0.4 is 32.7 Å². The average Bonchev–Trinajstić information content (AvgIpc) is 3.73. The Bertz CT molecular complexity index is 783. The zero-order valence-electron chi connectivity index (χ0n) is 28.6. The zero-order chi connectivity index (χ0) is 37.1. The number of H-pyrrole nitrogens is 2. The Labute approximate surface area is 263 Å². The highest BCUT2D eigenvalue weighted by Crippen LogP contribution is 1.98. The minimum absolute atomic E-state index is 0.0903. The van der Waals surface area contributed by atoms with Crippen molar-refractivity contribution < 1.29 is 39.0 Å². The molecule has 10 N–H and O–H groups in total. The lowest BCUT2D eigenvalue weighted by molar-refractivity contribution is -0.303. The molecule has 16 heteroatoms. The van der Waals surface area contributed by atoms with Gasteiger partial charge in [-0.1, -0.05) is 27.7 Å². The summed E-state index contributed by atoms with van der Waals surface area (Å²) in [5.41, 5.74) is 15.7. The minimum Gasteiger partial charge on any atom is -0.550 e. The molecule has 260 valence electrons. The van der Waals surface area contributed by atoms with Gasteiger partial charge in [-0.2, -0.15) is 0 Å². The molecule has 0 radical (unpaired) electrons. The van der Waals surface area contributed by atoms with Gasteiger partial charge in [-0.15, -0.1) is 0 Å². The number of hydrogen-bond donors (Lipinski definition) is 6. The van der Waals surface area contributed by atoms with Crippen LogP contribution in [0.5, 0.6) is 0 Å². The van der Waals surface area contributed by atoms with E-state index in [0.29, 0.717) is 6.29 Å². The Hall–Kier alpha value is -4.28. The number of nitrogens with two attached hydrogens (primary N) is 3. The minimum atomic E-state index is -1.08. The van der Waals surface area contributed by atoms with Gasteiger partial charge < -0.3 is 52.3 Å². The number of nitrogens with one attached hydrogen (secondary N) is 3. The van der Waals surface area contributed by atoms with Crippen LogP contribution in [-0.4, -0.2) is 89.6 Å². The number of aryl methyl sites for hydroxylation is 2. The number of aromatic amines is 2. The van der Waals surface area contributed by atoms with Crippen LogP contribution in [0.1, 0.15) is 65.8 Å². The molecule has 2 aromatic rings. The van der Waals surface area contributed by atoms with Crippen molar-refractivity contribution in [2.45, 2.75) is 68.2 Å². The molecule has 0 aliphatic rings. The summed E-state index contributed by atoms with van der Waals surface area (Å²) in [6.07, 6.45) is 8.93. The van der Waals surface area contributed by atoms with Crippen LogP contribution in [0.2, 0.25) is 0 Å². The van der Waals surface area contributed by atoms with Crippen molar-refractivity contribution in [2.24, 2.45) is 29.0 Å². The second kappa shape index (κ2) is 54.8. The summed E-state index contributed by atoms with van der Waals surface area (Å²) in [6, 6.07) is 0. The van der Waals surface area contributed by atoms with Crippen LogP contribution in [0, 0.1) is 25.7 Å². The molecule has 2 aromatic heterocycles. The number of aliphatic carboxylic acids is 2. The Morgan fingerprint density at radius 1 is 0.841 bits per heavy atom. The molecular weight excluding hydrogens is 576 g/mol. The molecule has 0 spiro atoms. The van der Waals surface area contributed by atoms with E-state index in [-0.39, 0.29) is 23.5 Å². The molecule has 2 heterocycles. The van der Waals surface area contributed by atoms with E-state index in [4.69, 9.17) is 24.6 Å². The van der Waals surface area contributed by atoms with Crippen LogP contribution in [-0.2, 0) is 24.0 Å². The van der Waals surface area contributed by atoms with Crippen molar-refractivity contribution in [3.8, 4) is 0 Å². The Morgan fingerprint density at radius 3 is 1.18 bits per heavy atom. The normalized spacial score (nSPS) is 8.70. The number of hydrogen-bond acceptors (Lipinski definition) is 12. The number of imidazole rings is 2. The van der Waals surface area contributed by atoms with E-state index in [1.165, 1.54) is 21.1 Å². The molecular formula is C28H59N8O8-. The quantitative estimate of drug-likeness (QED) is 0.131. The third-order valence-electron chi connectivity index (χ3n) is 3.79. The number of nitrogens with zero attached hydrogens (tertiary/aromatic N) is 2. The molecule has 16 nitrogen and oxygen atoms in total. The summed E-state index contributed by atoms with van der Waals surface area (Å²) in [6.45, 7) is 15.7. The van der Waals surface area contributed by atoms with Crippen LogP contribution in [0.3, 0.4) is 0 Å². The van der Waals surface area contributed by atoms with Crippen molar-refractivity contribution in [3.63, 3.8) is 0 Å². The summed E-state index contributed by atoms with van der Waals surface area (Å²) >= 11 is 0. The lowest BCUT2D eigenvalue weighted by Crippen LogP contribution is -2.24. The fraction of sp³-hybridized carbons (Fsp3) is 0.571. The molecule has 1 amide bonds. The van der Waals surface area contributed by atoms with Gasteiger partial charge in [-0.25, -0.2) is 9.97 Å². The molecule has 44 heavy (non-hydrogen) atoms. The summed E-state index contributed by atoms with van der Waals surface area (Å²) in [5.74, 6) is -2.26. The first-order valence-corrected chi connectivity index (χ1v) is 13.2. The number of rotatable bonds is 5. The highest BCUT2D eigenvalue weighted by molar-refractivity contribution is 6.25. The second-order valence-electron chi connectivity index (χ2n) is 7.21. The molecule has 2 atom stereocenters. The van der Waals surface area contributed by atoms with E-state index in [1.54, 1.807) is 39.0 Å². The van der Waals surface area contributed by atoms with Gasteiger partial charge in [0.05, 0.1) is 12.7 Å². The topological polar surface area (TPSA) is 300 Å². The number of carbonyl (C=O) groups is 5. The molecule has 0 fully saturated rings. The van der Waals surface area contributed by atoms with Crippen LogP contribution >= 0.6 is 0 Å². The van der Waals surface area contributed by atoms with Gasteiger partial charge in [-0.3, -0.25) is 19.2 Å². The van der Waals surface area contributed by atoms with Gasteiger partial charge in [0.15, 0.2) is 12.1 Å². The first kappa shape index (κ1) is 59.2. The predicted molar refractivity (Wildman–Crippen MR) is 171 cm³/mol. The number of amides is 1. The number of carbonyl (C=O) groups excluding carboxylic acids is 6. The largest absolute Gasteiger partial charge is 0.550 e. The SMILES string of the molecule is C=[OH+].CC(=O)[O-].CC(=O)[O-].CCC(C)C(=O)C=O.CCC(C)C(=O)NC.CN.CN.CN.Cc1cnc[nH]1.Cc1cnc[nH]1. The molecule has 0 aliphatic heterocycles. The van der Waals surface area contributed by atoms with E-state index in [0.717, 1.165) is 38.1 Å². The van der Waals surface area contributed by atoms with Crippen molar-refractivity contribution in [2.75, 3.05) is 28.2 Å². The van der Waals surface area contributed by atoms with E-state index in [2.05, 4.69) is 49.2 Å². The molecule has 2 unspecified atom stereocenters. The smallest absolute Gasteiger partial charge is 0.270 e. The number of aromatic nitrogens is 4. The monoisotopic (exact) mass is 635 g/mol. The van der Waals surface area contributed by atoms with E-state index in [1.807, 2.05) is 34.6 Å². The standard InChI is InChI=1S/C6H13NO.C6H10O2.2C4H6N2.2C2H4O2.3CH5N.CH2O/c1-4-5(2)6(8)7-3;1-3-5(2)6(8)4-7;2*1-4-2-5-3-6-4;2*1-2(3)4;4*1-2/h5H,4H2,1-3H3,(H,7,8);4-5H,3H2,1-2H3;2*2-3H,1H3,(H,5,6);2*1H3,(H,3,4);3*2H2,1H3;1H2/p-1. The van der Waals surface area contributed by atoms with Gasteiger partial charge in [0.25, 0.3) is 6.79 Å². The lowest BCUT2D eigenvalue weighted by atomic mass is 10.1. The maximum atomic E-state index is 10.6. The summed E-state index contributed by atoms with van der Waals surface area (Å²) < 4.78 is 0. The summed E-state index contributed by atoms with van der Waals surface area (Å²) in [5, 5.41) is 20.4. The average molecular weight is 636 g/mol. The molecule has 0 aromatic carbocycles. The first-order valence-electron chi connectivity index (χ1n) is 13.2. The van der Waals surface area contributed by atoms with Crippen LogP contribution in [0.25, 0.3) is 0 Å². The molecule has 0 saturated heterocycles. The number of carboxylic acid groups (broad SMARTS) is 2. The van der Waals surface area contributed by atoms with Crippen molar-refractivity contribution in [1.29, 1.82) is 0 Å². The van der Waals surface area contributed by atoms with Gasteiger partial charge in [0, 0.05) is 54.6 Å². The van der Waals surface area contributed by atoms with Crippen molar-refractivity contribution >= 4 is 36.7 Å². The van der Waals surface area contributed by atoms with Crippen molar-refractivity contribution in [3.05, 3.63) is 36.4 Å². The Kier molecular flexibility index (Phi) is 73.7. The third kappa shape index (κ3) is 76.9. The van der Waals surface area contributed by atoms with Gasteiger partial charge in [0.2, 0.25) is 5.91 Å². The lowest BCUT2D eigenvalue weighted by Gasteiger charge is -2.03. The summed E-state index contributed by atoms with van der Waals surface area (Å²) in [7, 11) is 6.16. The van der Waals surface area contributed by atoms with Gasteiger partial charge >= 0.3 is 0 Å². The van der Waals surface area contributed by atoms with E-state index < -0.39 is 11.9 Å². The molecule has 2 rings (SSSR count). The number of ketones is 1. The first-order chi connectivity index (χ1) is 20.7. The predicted octanol–water partition coefficient (Wildman–Crippen LogP) is -0.957. The van der Waals surface area contributed by atoms with Gasteiger partial charge in [-0.05, 0) is 61.7 Å². The highest BCUT2D eigenvalue weighted by Gasteiger charge is 2.07. The van der Waals surface area contributed by atoms with Crippen molar-refractivity contribution in [1.82, 2.24) is 25.3 Å². The highest BCUT2D eigenvalue weighted by atomic mass is 16.4. The number of aldehydes is 1. The number of carboxylic acids is 2.